The minimum Gasteiger partial charge on any atom is -0.504 e. The first kappa shape index (κ1) is 30.2. The van der Waals surface area contributed by atoms with Crippen LogP contribution in [0.3, 0.4) is 0 Å². The van der Waals surface area contributed by atoms with Gasteiger partial charge in [0.15, 0.2) is 27.0 Å². The summed E-state index contributed by atoms with van der Waals surface area (Å²) in [4.78, 5) is 66.6. The van der Waals surface area contributed by atoms with E-state index in [-0.39, 0.29) is 30.1 Å². The van der Waals surface area contributed by atoms with E-state index in [4.69, 9.17) is 27.9 Å². The molecule has 4 amide bonds. The van der Waals surface area contributed by atoms with Crippen molar-refractivity contribution < 1.29 is 33.8 Å². The third-order valence-electron chi connectivity index (χ3n) is 9.98. The highest BCUT2D eigenvalue weighted by Gasteiger charge is 2.75. The Morgan fingerprint density at radius 2 is 1.57 bits per heavy atom. The number of aromatic hydroxyl groups is 1. The summed E-state index contributed by atoms with van der Waals surface area (Å²) in [5.41, 5.74) is 2.34. The number of hydrogen-bond donors (Lipinski definition) is 1. The third-order valence-corrected chi connectivity index (χ3v) is 11.4. The van der Waals surface area contributed by atoms with Crippen LogP contribution in [-0.4, -0.2) is 63.3 Å². The van der Waals surface area contributed by atoms with Crippen LogP contribution in [0.4, 0.5) is 5.69 Å². The summed E-state index contributed by atoms with van der Waals surface area (Å²) in [6.07, 6.45) is 1.90. The molecule has 6 atom stereocenters. The molecule has 9 nitrogen and oxygen atoms in total. The molecule has 4 aliphatic rings. The van der Waals surface area contributed by atoms with Crippen molar-refractivity contribution in [2.24, 2.45) is 17.8 Å². The molecule has 6 unspecified atom stereocenters. The van der Waals surface area contributed by atoms with Crippen LogP contribution in [0.5, 0.6) is 11.5 Å². The number of rotatable bonds is 5. The highest BCUT2D eigenvalue weighted by molar-refractivity contribution is 6.53. The number of nitrogens with zero attached hydrogens (tertiary/aromatic N) is 2. The number of allylic oxidation sites excluding steroid dienone is 2. The number of ketones is 1. The zero-order valence-electron chi connectivity index (χ0n) is 24.8. The van der Waals surface area contributed by atoms with Crippen LogP contribution in [0.1, 0.15) is 40.2 Å². The number of carbonyl (C=O) groups excluding carboxylic acids is 5. The summed E-state index contributed by atoms with van der Waals surface area (Å²) < 4.78 is 5.33. The number of likely N-dealkylation sites (tertiary alicyclic amines) is 1. The molecule has 3 fully saturated rings. The van der Waals surface area contributed by atoms with Gasteiger partial charge in [0.1, 0.15) is 0 Å². The maximum Gasteiger partial charge on any atom is 0.253 e. The molecule has 3 aromatic carbocycles. The van der Waals surface area contributed by atoms with Gasteiger partial charge in [0.05, 0.1) is 24.6 Å². The van der Waals surface area contributed by atoms with Crippen LogP contribution in [0.2, 0.25) is 0 Å². The Bertz CT molecular complexity index is 1880. The predicted molar refractivity (Wildman–Crippen MR) is 169 cm³/mol. The van der Waals surface area contributed by atoms with Gasteiger partial charge in [-0.05, 0) is 60.7 Å². The number of phenolic OH excluding ortho intramolecular Hbond substituents is 1. The van der Waals surface area contributed by atoms with Gasteiger partial charge in [0.25, 0.3) is 11.8 Å². The zero-order chi connectivity index (χ0) is 32.7. The van der Waals surface area contributed by atoms with Crippen LogP contribution in [0.25, 0.3) is 0 Å². The van der Waals surface area contributed by atoms with Crippen molar-refractivity contribution in [2.45, 2.75) is 28.5 Å². The molecule has 3 aromatic rings. The second-order valence-corrected chi connectivity index (χ2v) is 13.4. The minimum atomic E-state index is -1.94. The number of methoxy groups -OCH3 is 1. The lowest BCUT2D eigenvalue weighted by atomic mass is 9.56. The van der Waals surface area contributed by atoms with Crippen molar-refractivity contribution in [1.82, 2.24) is 4.90 Å². The molecule has 0 bridgehead atoms. The van der Waals surface area contributed by atoms with Gasteiger partial charge in [-0.15, -0.1) is 23.2 Å². The van der Waals surface area contributed by atoms with Crippen LogP contribution < -0.4 is 9.64 Å². The molecular formula is C35H28Cl2N2O7. The standard InChI is InChI=1S/C35H28Cl2N2O7/c1-38-32(44)34(36)17-24-22(28(35(34,37)33(38)45)20-10-15-25(40)26(16-20)46-2)13-14-23-27(24)31(43)39(30(23)42)21-11-8-19(9-12-21)29(41)18-6-4-3-5-7-18/h3-13,15-16,23-24,27-28,40H,14,17H2,1-2H3. The summed E-state index contributed by atoms with van der Waals surface area (Å²) in [7, 11) is 2.71. The number of anilines is 1. The van der Waals surface area contributed by atoms with Gasteiger partial charge in [0, 0.05) is 24.1 Å². The molecule has 1 saturated carbocycles. The number of phenols is 1. The summed E-state index contributed by atoms with van der Waals surface area (Å²) in [6.45, 7) is 0. The molecular weight excluding hydrogens is 631 g/mol. The van der Waals surface area contributed by atoms with Crippen molar-refractivity contribution in [1.29, 1.82) is 0 Å². The molecule has 234 valence electrons. The molecule has 7 rings (SSSR count). The number of amides is 4. The van der Waals surface area contributed by atoms with E-state index in [0.717, 1.165) is 9.80 Å². The number of carbonyl (C=O) groups is 5. The van der Waals surface area contributed by atoms with Gasteiger partial charge in [-0.2, -0.15) is 0 Å². The molecule has 46 heavy (non-hydrogen) atoms. The van der Waals surface area contributed by atoms with Crippen LogP contribution in [0.15, 0.2) is 84.4 Å². The van der Waals surface area contributed by atoms with E-state index in [1.165, 1.54) is 20.2 Å². The predicted octanol–water partition coefficient (Wildman–Crippen LogP) is 4.83. The Kier molecular flexibility index (Phi) is 6.92. The molecule has 11 heteroatoms. The second kappa shape index (κ2) is 10.5. The maximum atomic E-state index is 14.2. The zero-order valence-corrected chi connectivity index (χ0v) is 26.3. The normalized spacial score (nSPS) is 30.1. The van der Waals surface area contributed by atoms with E-state index in [2.05, 4.69) is 0 Å². The Morgan fingerprint density at radius 1 is 0.891 bits per heavy atom. The van der Waals surface area contributed by atoms with Gasteiger partial charge in [-0.25, -0.2) is 0 Å². The van der Waals surface area contributed by atoms with Crippen molar-refractivity contribution in [3.63, 3.8) is 0 Å². The Hall–Kier alpha value is -4.47. The number of ether oxygens (including phenoxy) is 1. The van der Waals surface area contributed by atoms with E-state index >= 15 is 0 Å². The summed E-state index contributed by atoms with van der Waals surface area (Å²) in [5, 5.41) is 10.3. The molecule has 2 aliphatic carbocycles. The fourth-order valence-electron chi connectivity index (χ4n) is 7.76. The van der Waals surface area contributed by atoms with E-state index in [1.54, 1.807) is 60.7 Å². The molecule has 1 N–H and O–H groups in total. The Morgan fingerprint density at radius 3 is 2.24 bits per heavy atom. The smallest absolute Gasteiger partial charge is 0.253 e. The van der Waals surface area contributed by atoms with Crippen molar-refractivity contribution >= 4 is 58.3 Å². The number of fused-ring (bicyclic) bond motifs is 4. The minimum absolute atomic E-state index is 0.131. The van der Waals surface area contributed by atoms with Gasteiger partial charge < -0.3 is 9.84 Å². The average Bonchev–Trinajstić information content (AvgIpc) is 3.40. The Balaban J connectivity index is 1.28. The summed E-state index contributed by atoms with van der Waals surface area (Å²) >= 11 is 14.4. The number of hydrogen-bond acceptors (Lipinski definition) is 7. The number of benzene rings is 3. The fraction of sp³-hybridized carbons (Fsp3) is 0.286. The third kappa shape index (κ3) is 3.97. The lowest BCUT2D eigenvalue weighted by Crippen LogP contribution is -2.60. The largest absolute Gasteiger partial charge is 0.504 e. The first-order chi connectivity index (χ1) is 21.9. The van der Waals surface area contributed by atoms with E-state index < -0.39 is 57.0 Å². The van der Waals surface area contributed by atoms with Gasteiger partial charge in [0.2, 0.25) is 11.8 Å². The summed E-state index contributed by atoms with van der Waals surface area (Å²) in [5.74, 6) is -5.66. The highest BCUT2D eigenvalue weighted by Crippen LogP contribution is 2.65. The van der Waals surface area contributed by atoms with Gasteiger partial charge in [-0.1, -0.05) is 48.0 Å². The Labute approximate surface area is 274 Å². The monoisotopic (exact) mass is 658 g/mol. The lowest BCUT2D eigenvalue weighted by Gasteiger charge is -2.50. The average molecular weight is 660 g/mol. The van der Waals surface area contributed by atoms with E-state index in [0.29, 0.717) is 28.0 Å². The fourth-order valence-corrected chi connectivity index (χ4v) is 8.78. The molecule has 2 heterocycles. The molecule has 0 aromatic heterocycles. The molecule has 0 radical (unpaired) electrons. The highest BCUT2D eigenvalue weighted by atomic mass is 35.5. The van der Waals surface area contributed by atoms with Crippen LogP contribution in [-0.2, 0) is 19.2 Å². The molecule has 2 saturated heterocycles. The molecule has 2 aliphatic heterocycles. The number of halogens is 2. The SMILES string of the molecule is COc1cc(C2C3=CCC4C(=O)N(c5ccc(C(=O)c6ccccc6)cc5)C(=O)C4C3CC3(Cl)C(=O)N(C)C(=O)C23Cl)ccc1O. The quantitative estimate of drug-likeness (QED) is 0.180. The number of alkyl halides is 2. The lowest BCUT2D eigenvalue weighted by molar-refractivity contribution is -0.138. The summed E-state index contributed by atoms with van der Waals surface area (Å²) in [6, 6.07) is 19.6. The van der Waals surface area contributed by atoms with Crippen molar-refractivity contribution in [3.05, 3.63) is 101 Å². The van der Waals surface area contributed by atoms with Gasteiger partial charge in [-0.3, -0.25) is 33.8 Å². The van der Waals surface area contributed by atoms with E-state index in [9.17, 15) is 29.1 Å². The van der Waals surface area contributed by atoms with Crippen LogP contribution >= 0.6 is 23.2 Å². The first-order valence-electron chi connectivity index (χ1n) is 14.8. The molecule has 0 spiro atoms. The van der Waals surface area contributed by atoms with E-state index in [1.807, 2.05) is 12.1 Å². The van der Waals surface area contributed by atoms with Crippen molar-refractivity contribution in [3.8, 4) is 11.5 Å². The second-order valence-electron chi connectivity index (χ2n) is 12.2. The first-order valence-corrected chi connectivity index (χ1v) is 15.5. The van der Waals surface area contributed by atoms with Crippen molar-refractivity contribution in [2.75, 3.05) is 19.1 Å². The maximum absolute atomic E-state index is 14.2. The topological polar surface area (TPSA) is 121 Å². The van der Waals surface area contributed by atoms with Gasteiger partial charge >= 0.3 is 0 Å². The number of imide groups is 2. The van der Waals surface area contributed by atoms with Crippen LogP contribution in [0, 0.1) is 17.8 Å².